The molecule has 2 aromatic rings. The summed E-state index contributed by atoms with van der Waals surface area (Å²) in [5, 5.41) is 42.6. The molecule has 0 amide bonds. The Morgan fingerprint density at radius 2 is 1.00 bits per heavy atom. The number of aromatic carboxylic acids is 2. The van der Waals surface area contributed by atoms with E-state index in [0.29, 0.717) is 22.3 Å². The molecule has 39 heavy (non-hydrogen) atoms. The van der Waals surface area contributed by atoms with Crippen molar-refractivity contribution < 1.29 is 49.5 Å². The van der Waals surface area contributed by atoms with Gasteiger partial charge in [0.2, 0.25) is 0 Å². The van der Waals surface area contributed by atoms with E-state index in [4.69, 9.17) is 10.2 Å². The normalized spacial score (nSPS) is 12.1. The van der Waals surface area contributed by atoms with E-state index in [9.17, 15) is 19.8 Å². The van der Waals surface area contributed by atoms with E-state index in [2.05, 4.69) is 13.8 Å². The summed E-state index contributed by atoms with van der Waals surface area (Å²) in [5.74, 6) is -2.61. The van der Waals surface area contributed by atoms with Crippen molar-refractivity contribution in [2.24, 2.45) is 0 Å². The maximum absolute atomic E-state index is 12.2. The van der Waals surface area contributed by atoms with Crippen molar-refractivity contribution in [3.8, 4) is 11.5 Å². The molecule has 0 aliphatic heterocycles. The summed E-state index contributed by atoms with van der Waals surface area (Å²) in [6.07, 6.45) is 11.2. The van der Waals surface area contributed by atoms with Crippen LogP contribution in [-0.2, 0) is 19.5 Å². The molecule has 7 heteroatoms. The van der Waals surface area contributed by atoms with Crippen molar-refractivity contribution in [1.82, 2.24) is 0 Å². The van der Waals surface area contributed by atoms with Crippen LogP contribution in [0.15, 0.2) is 24.3 Å². The smallest absolute Gasteiger partial charge is 0.872 e. The molecule has 2 aromatic carbocycles. The first-order valence-electron chi connectivity index (χ1n) is 14.0. The minimum absolute atomic E-state index is 0. The van der Waals surface area contributed by atoms with Crippen LogP contribution in [0.25, 0.3) is 0 Å². The molecule has 0 heterocycles. The minimum atomic E-state index is -1.12. The number of hydrogen-bond acceptors (Lipinski definition) is 4. The van der Waals surface area contributed by atoms with Crippen molar-refractivity contribution in [1.29, 1.82) is 0 Å². The van der Waals surface area contributed by atoms with Crippen LogP contribution >= 0.6 is 0 Å². The zero-order chi connectivity index (χ0) is 28.8. The molecule has 0 saturated carbocycles. The average Bonchev–Trinajstić information content (AvgIpc) is 2.84. The van der Waals surface area contributed by atoms with E-state index in [1.807, 2.05) is 13.8 Å². The summed E-state index contributed by atoms with van der Waals surface area (Å²) in [7, 11) is 0. The van der Waals surface area contributed by atoms with E-state index >= 15 is 0 Å². The van der Waals surface area contributed by atoms with Gasteiger partial charge in [-0.2, -0.15) is 0 Å². The van der Waals surface area contributed by atoms with Crippen molar-refractivity contribution in [3.05, 3.63) is 57.6 Å². The number of aryl methyl sites for hydroxylation is 2. The third-order valence-corrected chi connectivity index (χ3v) is 7.26. The molecule has 212 valence electrons. The maximum Gasteiger partial charge on any atom is 2.00 e. The summed E-state index contributed by atoms with van der Waals surface area (Å²) >= 11 is 0. The summed E-state index contributed by atoms with van der Waals surface area (Å²) < 4.78 is 0. The fraction of sp³-hybridized carbons (Fsp3) is 0.562. The number of unbranched alkanes of at least 4 members (excludes halogenated alkanes) is 6. The molecule has 0 spiro atoms. The van der Waals surface area contributed by atoms with Gasteiger partial charge >= 0.3 is 31.4 Å². The molecule has 0 fully saturated rings. The Kier molecular flexibility index (Phi) is 17.7. The molecular weight excluding hydrogens is 546 g/mol. The molecule has 2 N–H and O–H groups in total. The summed E-state index contributed by atoms with van der Waals surface area (Å²) in [4.78, 5) is 22.2. The van der Waals surface area contributed by atoms with Crippen molar-refractivity contribution >= 4 is 11.9 Å². The quantitative estimate of drug-likeness (QED) is 0.172. The van der Waals surface area contributed by atoms with Gasteiger partial charge in [-0.15, -0.1) is 0 Å². The van der Waals surface area contributed by atoms with Gasteiger partial charge in [0.1, 0.15) is 0 Å². The molecule has 0 aromatic heterocycles. The second-order valence-electron chi connectivity index (χ2n) is 10.5. The Morgan fingerprint density at radius 3 is 1.28 bits per heavy atom. The first kappa shape index (κ1) is 36.6. The van der Waals surface area contributed by atoms with Crippen LogP contribution in [0.2, 0.25) is 0 Å². The van der Waals surface area contributed by atoms with Gasteiger partial charge in [-0.05, 0) is 49.7 Å². The van der Waals surface area contributed by atoms with E-state index in [-0.39, 0.29) is 53.9 Å². The molecule has 0 aliphatic rings. The largest absolute Gasteiger partial charge is 2.00 e. The maximum atomic E-state index is 12.2. The van der Waals surface area contributed by atoms with Gasteiger partial charge < -0.3 is 20.4 Å². The Morgan fingerprint density at radius 1 is 0.667 bits per heavy atom. The standard InChI is InChI=1S/2C16H24O3.Zn/c2*1-4-5-6-7-8-11(2)13-10-9-12(3)14(15(13)17)16(18)19;/h2*9-11,17H,4-8H2,1-3H3,(H,18,19);/q;;+2/p-2. The number of carboxylic acids is 2. The fourth-order valence-electron chi connectivity index (χ4n) is 4.77. The second-order valence-corrected chi connectivity index (χ2v) is 10.5. The monoisotopic (exact) mass is 590 g/mol. The summed E-state index contributed by atoms with van der Waals surface area (Å²) in [5.41, 5.74) is 2.22. The number of benzene rings is 2. The Bertz CT molecular complexity index is 966. The van der Waals surface area contributed by atoms with E-state index in [1.54, 1.807) is 38.1 Å². The molecule has 2 unspecified atom stereocenters. The van der Waals surface area contributed by atoms with Gasteiger partial charge in [-0.25, -0.2) is 9.59 Å². The van der Waals surface area contributed by atoms with E-state index in [1.165, 1.54) is 38.5 Å². The van der Waals surface area contributed by atoms with Crippen molar-refractivity contribution in [3.63, 3.8) is 0 Å². The number of carboxylic acid groups (broad SMARTS) is 2. The van der Waals surface area contributed by atoms with Gasteiger partial charge in [0, 0.05) is 0 Å². The molecule has 0 radical (unpaired) electrons. The first-order chi connectivity index (χ1) is 18.0. The molecule has 0 aliphatic carbocycles. The Balaban J connectivity index is 0.000000722. The van der Waals surface area contributed by atoms with Gasteiger partial charge in [-0.3, -0.25) is 0 Å². The minimum Gasteiger partial charge on any atom is -0.872 e. The van der Waals surface area contributed by atoms with Gasteiger partial charge in [0.15, 0.2) is 0 Å². The van der Waals surface area contributed by atoms with E-state index in [0.717, 1.165) is 25.7 Å². The SMILES string of the molecule is CCCCCCC(C)c1ccc(C)c(C(=O)O)c1[O-].CCCCCCC(C)c1ccc(C)c(C(=O)O)c1[O-].[Zn+2]. The predicted octanol–water partition coefficient (Wildman–Crippen LogP) is 7.68. The van der Waals surface area contributed by atoms with Crippen LogP contribution in [0.5, 0.6) is 11.5 Å². The third kappa shape index (κ3) is 11.3. The summed E-state index contributed by atoms with van der Waals surface area (Å²) in [6.45, 7) is 11.7. The number of rotatable bonds is 14. The van der Waals surface area contributed by atoms with Crippen molar-refractivity contribution in [2.45, 2.75) is 118 Å². The second kappa shape index (κ2) is 18.8. The van der Waals surface area contributed by atoms with E-state index < -0.39 is 11.9 Å². The zero-order valence-electron chi connectivity index (χ0n) is 24.8. The van der Waals surface area contributed by atoms with Gasteiger partial charge in [-0.1, -0.05) is 126 Å². The first-order valence-corrected chi connectivity index (χ1v) is 14.0. The van der Waals surface area contributed by atoms with Crippen LogP contribution in [0.1, 0.15) is 147 Å². The fourth-order valence-corrected chi connectivity index (χ4v) is 4.77. The number of hydrogen-bond donors (Lipinski definition) is 2. The molecule has 0 saturated heterocycles. The zero-order valence-corrected chi connectivity index (χ0v) is 27.7. The topological polar surface area (TPSA) is 121 Å². The van der Waals surface area contributed by atoms with Gasteiger partial charge in [0.25, 0.3) is 0 Å². The number of carbonyl (C=O) groups is 2. The molecule has 2 atom stereocenters. The van der Waals surface area contributed by atoms with Crippen LogP contribution in [0, 0.1) is 13.8 Å². The molecule has 6 nitrogen and oxygen atoms in total. The van der Waals surface area contributed by atoms with Crippen LogP contribution < -0.4 is 10.2 Å². The molecule has 0 bridgehead atoms. The van der Waals surface area contributed by atoms with Crippen molar-refractivity contribution in [2.75, 3.05) is 0 Å². The van der Waals surface area contributed by atoms with Crippen LogP contribution in [-0.4, -0.2) is 22.2 Å². The average molecular weight is 592 g/mol. The predicted molar refractivity (Wildman–Crippen MR) is 150 cm³/mol. The van der Waals surface area contributed by atoms with Crippen LogP contribution in [0.3, 0.4) is 0 Å². The molecule has 2 rings (SSSR count). The Labute approximate surface area is 247 Å². The molecular formula is C32H46O6Zn. The Hall–Kier alpha value is -2.40. The van der Waals surface area contributed by atoms with Crippen LogP contribution in [0.4, 0.5) is 0 Å². The third-order valence-electron chi connectivity index (χ3n) is 7.26. The van der Waals surface area contributed by atoms with Gasteiger partial charge in [0.05, 0.1) is 11.1 Å². The summed E-state index contributed by atoms with van der Waals surface area (Å²) in [6, 6.07) is 7.05.